The molecule has 7 nitrogen and oxygen atoms in total. The lowest BCUT2D eigenvalue weighted by Gasteiger charge is -2.21. The van der Waals surface area contributed by atoms with Gasteiger partial charge in [0.05, 0.1) is 7.11 Å². The van der Waals surface area contributed by atoms with E-state index in [0.717, 1.165) is 11.1 Å². The van der Waals surface area contributed by atoms with E-state index in [1.807, 2.05) is 67.6 Å². The number of hydrogen-bond donors (Lipinski definition) is 2. The Morgan fingerprint density at radius 3 is 2.10 bits per heavy atom. The Labute approximate surface area is 180 Å². The average Bonchev–Trinajstić information content (AvgIpc) is 2.77. The summed E-state index contributed by atoms with van der Waals surface area (Å²) in [6.45, 7) is 1.95. The molecule has 160 valence electrons. The van der Waals surface area contributed by atoms with Crippen molar-refractivity contribution in [1.82, 2.24) is 10.6 Å². The SMILES string of the molecule is CCSC(NC(=O)[C@H](Cc1ccccc1)NC(=O)OCc1ccccc1)C(=O)OC. The molecule has 0 aliphatic carbocycles. The Bertz CT molecular complexity index is 817. The molecular weight excluding hydrogens is 404 g/mol. The van der Waals surface area contributed by atoms with Crippen LogP contribution in [0.1, 0.15) is 18.1 Å². The van der Waals surface area contributed by atoms with Crippen LogP contribution in [0.25, 0.3) is 0 Å². The van der Waals surface area contributed by atoms with Crippen molar-refractivity contribution in [3.63, 3.8) is 0 Å². The summed E-state index contributed by atoms with van der Waals surface area (Å²) in [5.41, 5.74) is 1.69. The van der Waals surface area contributed by atoms with E-state index >= 15 is 0 Å². The molecule has 0 aromatic heterocycles. The molecule has 8 heteroatoms. The summed E-state index contributed by atoms with van der Waals surface area (Å²) in [6.07, 6.45) is -0.467. The zero-order chi connectivity index (χ0) is 21.8. The maximum absolute atomic E-state index is 12.9. The van der Waals surface area contributed by atoms with Gasteiger partial charge >= 0.3 is 12.1 Å². The lowest BCUT2D eigenvalue weighted by atomic mass is 10.1. The molecule has 0 aliphatic heterocycles. The standard InChI is InChI=1S/C22H26N2O5S/c1-3-30-20(21(26)28-2)24-19(25)18(14-16-10-6-4-7-11-16)23-22(27)29-15-17-12-8-5-9-13-17/h4-13,18,20H,3,14-15H2,1-2H3,(H,23,27)(H,24,25)/t18-,20?/m0/s1. The quantitative estimate of drug-likeness (QED) is 0.445. The van der Waals surface area contributed by atoms with E-state index in [0.29, 0.717) is 5.75 Å². The van der Waals surface area contributed by atoms with Crippen molar-refractivity contribution in [2.45, 2.75) is 31.4 Å². The van der Waals surface area contributed by atoms with Gasteiger partial charge in [-0.3, -0.25) is 4.79 Å². The van der Waals surface area contributed by atoms with Crippen LogP contribution in [0.3, 0.4) is 0 Å². The van der Waals surface area contributed by atoms with Gasteiger partial charge in [0.25, 0.3) is 0 Å². The van der Waals surface area contributed by atoms with Crippen LogP contribution in [0.4, 0.5) is 4.79 Å². The summed E-state index contributed by atoms with van der Waals surface area (Å²) in [6, 6.07) is 17.6. The number of ether oxygens (including phenoxy) is 2. The second-order valence-corrected chi connectivity index (χ2v) is 7.70. The highest BCUT2D eigenvalue weighted by atomic mass is 32.2. The predicted molar refractivity (Wildman–Crippen MR) is 116 cm³/mol. The number of benzene rings is 2. The van der Waals surface area contributed by atoms with Crippen LogP contribution in [0.2, 0.25) is 0 Å². The third-order valence-electron chi connectivity index (χ3n) is 4.13. The number of esters is 1. The van der Waals surface area contributed by atoms with E-state index in [4.69, 9.17) is 9.47 Å². The van der Waals surface area contributed by atoms with Gasteiger partial charge in [-0.2, -0.15) is 0 Å². The molecule has 0 saturated heterocycles. The summed E-state index contributed by atoms with van der Waals surface area (Å²) in [5, 5.41) is 4.40. The lowest BCUT2D eigenvalue weighted by Crippen LogP contribution is -2.52. The van der Waals surface area contributed by atoms with E-state index in [2.05, 4.69) is 10.6 Å². The molecular formula is C22H26N2O5S. The van der Waals surface area contributed by atoms with Gasteiger partial charge in [-0.15, -0.1) is 11.8 Å². The largest absolute Gasteiger partial charge is 0.467 e. The Balaban J connectivity index is 2.05. The van der Waals surface area contributed by atoms with Crippen LogP contribution < -0.4 is 10.6 Å². The first-order chi connectivity index (χ1) is 14.5. The molecule has 0 heterocycles. The van der Waals surface area contributed by atoms with Crippen molar-refractivity contribution in [1.29, 1.82) is 0 Å². The van der Waals surface area contributed by atoms with Crippen LogP contribution in [0.5, 0.6) is 0 Å². The summed E-state index contributed by atoms with van der Waals surface area (Å²) in [5.74, 6) is -0.442. The molecule has 2 aromatic carbocycles. The van der Waals surface area contributed by atoms with Crippen LogP contribution in [-0.2, 0) is 32.1 Å². The molecule has 0 radical (unpaired) electrons. The van der Waals surface area contributed by atoms with Crippen LogP contribution in [-0.4, -0.2) is 42.2 Å². The highest BCUT2D eigenvalue weighted by Crippen LogP contribution is 2.11. The van der Waals surface area contributed by atoms with Gasteiger partial charge in [0.1, 0.15) is 12.6 Å². The van der Waals surface area contributed by atoms with Gasteiger partial charge in [-0.25, -0.2) is 9.59 Å². The van der Waals surface area contributed by atoms with E-state index in [1.54, 1.807) is 0 Å². The number of alkyl carbamates (subject to hydrolysis) is 1. The Morgan fingerprint density at radius 1 is 0.933 bits per heavy atom. The molecule has 2 aromatic rings. The fourth-order valence-corrected chi connectivity index (χ4v) is 3.40. The number of rotatable bonds is 10. The van der Waals surface area contributed by atoms with Crippen LogP contribution in [0.15, 0.2) is 60.7 Å². The minimum absolute atomic E-state index is 0.0861. The maximum Gasteiger partial charge on any atom is 0.408 e. The van der Waals surface area contributed by atoms with Crippen LogP contribution >= 0.6 is 11.8 Å². The third-order valence-corrected chi connectivity index (χ3v) is 5.10. The van der Waals surface area contributed by atoms with Crippen molar-refractivity contribution in [3.05, 3.63) is 71.8 Å². The summed E-state index contributed by atoms with van der Waals surface area (Å²) >= 11 is 1.24. The highest BCUT2D eigenvalue weighted by molar-refractivity contribution is 8.00. The predicted octanol–water partition coefficient (Wildman–Crippen LogP) is 2.89. The number of methoxy groups -OCH3 is 1. The zero-order valence-electron chi connectivity index (χ0n) is 17.0. The second-order valence-electron chi connectivity index (χ2n) is 6.32. The minimum Gasteiger partial charge on any atom is -0.467 e. The molecule has 2 amide bonds. The van der Waals surface area contributed by atoms with Crippen molar-refractivity contribution in [3.8, 4) is 0 Å². The van der Waals surface area contributed by atoms with E-state index < -0.39 is 29.4 Å². The Hall–Kier alpha value is -3.00. The summed E-state index contributed by atoms with van der Waals surface area (Å²) < 4.78 is 9.99. The second kappa shape index (κ2) is 12.5. The monoisotopic (exact) mass is 430 g/mol. The lowest BCUT2D eigenvalue weighted by molar-refractivity contribution is -0.142. The molecule has 0 fully saturated rings. The van der Waals surface area contributed by atoms with Gasteiger partial charge in [-0.05, 0) is 16.9 Å². The van der Waals surface area contributed by atoms with Crippen molar-refractivity contribution >= 4 is 29.7 Å². The van der Waals surface area contributed by atoms with E-state index in [9.17, 15) is 14.4 Å². The van der Waals surface area contributed by atoms with Crippen LogP contribution in [0, 0.1) is 0 Å². The smallest absolute Gasteiger partial charge is 0.408 e. The number of carbonyl (C=O) groups is 3. The first kappa shape index (κ1) is 23.3. The molecule has 2 rings (SSSR count). The fraction of sp³-hybridized carbons (Fsp3) is 0.318. The number of thioether (sulfide) groups is 1. The molecule has 2 N–H and O–H groups in total. The maximum atomic E-state index is 12.9. The molecule has 0 aliphatic rings. The zero-order valence-corrected chi connectivity index (χ0v) is 17.8. The van der Waals surface area contributed by atoms with Crippen molar-refractivity contribution in [2.24, 2.45) is 0 Å². The molecule has 0 bridgehead atoms. The average molecular weight is 431 g/mol. The number of carbonyl (C=O) groups excluding carboxylic acids is 3. The Morgan fingerprint density at radius 2 is 1.53 bits per heavy atom. The van der Waals surface area contributed by atoms with Gasteiger partial charge < -0.3 is 20.1 Å². The summed E-state index contributed by atoms with van der Waals surface area (Å²) in [7, 11) is 1.26. The highest BCUT2D eigenvalue weighted by Gasteiger charge is 2.28. The van der Waals surface area contributed by atoms with Gasteiger partial charge in [0.2, 0.25) is 5.91 Å². The number of hydrogen-bond acceptors (Lipinski definition) is 6. The normalized spacial score (nSPS) is 12.3. The minimum atomic E-state index is -0.916. The molecule has 30 heavy (non-hydrogen) atoms. The number of nitrogens with one attached hydrogen (secondary N) is 2. The Kier molecular flexibility index (Phi) is 9.73. The molecule has 2 atom stereocenters. The van der Waals surface area contributed by atoms with E-state index in [-0.39, 0.29) is 13.0 Å². The van der Waals surface area contributed by atoms with Gasteiger partial charge in [0.15, 0.2) is 5.37 Å². The fourth-order valence-electron chi connectivity index (χ4n) is 2.64. The van der Waals surface area contributed by atoms with Gasteiger partial charge in [-0.1, -0.05) is 67.6 Å². The van der Waals surface area contributed by atoms with Crippen molar-refractivity contribution in [2.75, 3.05) is 12.9 Å². The first-order valence-corrected chi connectivity index (χ1v) is 10.6. The molecule has 0 saturated carbocycles. The molecule has 0 spiro atoms. The summed E-state index contributed by atoms with van der Waals surface area (Å²) in [4.78, 5) is 37.1. The van der Waals surface area contributed by atoms with Crippen molar-refractivity contribution < 1.29 is 23.9 Å². The first-order valence-electron chi connectivity index (χ1n) is 9.54. The topological polar surface area (TPSA) is 93.7 Å². The molecule has 1 unspecified atom stereocenters. The third kappa shape index (κ3) is 7.79. The van der Waals surface area contributed by atoms with E-state index in [1.165, 1.54) is 18.9 Å². The van der Waals surface area contributed by atoms with Gasteiger partial charge in [0, 0.05) is 6.42 Å². The number of amides is 2.